The van der Waals surface area contributed by atoms with Gasteiger partial charge in [-0.2, -0.15) is 0 Å². The van der Waals surface area contributed by atoms with Crippen LogP contribution in [0, 0.1) is 10.1 Å². The third-order valence-electron chi connectivity index (χ3n) is 1.41. The van der Waals surface area contributed by atoms with E-state index in [1.54, 1.807) is 0 Å². The van der Waals surface area contributed by atoms with E-state index < -0.39 is 4.92 Å². The van der Waals surface area contributed by atoms with Gasteiger partial charge in [-0.3, -0.25) is 10.1 Å². The normalized spacial score (nSPS) is 10.3. The van der Waals surface area contributed by atoms with E-state index in [1.165, 1.54) is 18.5 Å². The van der Waals surface area contributed by atoms with E-state index in [2.05, 4.69) is 14.7 Å². The summed E-state index contributed by atoms with van der Waals surface area (Å²) in [6, 6.07) is 1.31. The molecule has 2 heterocycles. The lowest BCUT2D eigenvalue weighted by atomic mass is 10.3. The molecule has 0 aliphatic rings. The highest BCUT2D eigenvalue weighted by molar-refractivity contribution is 5.74. The molecule has 0 fully saturated rings. The fourth-order valence-electron chi connectivity index (χ4n) is 0.850. The monoisotopic (exact) mass is 165 g/mol. The van der Waals surface area contributed by atoms with Crippen LogP contribution >= 0.6 is 0 Å². The van der Waals surface area contributed by atoms with Crippen molar-refractivity contribution in [2.75, 3.05) is 0 Å². The van der Waals surface area contributed by atoms with Crippen LogP contribution in [0.2, 0.25) is 0 Å². The molecule has 0 bridgehead atoms. The minimum Gasteiger partial charge on any atom is -0.362 e. The van der Waals surface area contributed by atoms with Crippen LogP contribution in [0.15, 0.2) is 23.0 Å². The van der Waals surface area contributed by atoms with Gasteiger partial charge >= 0.3 is 0 Å². The maximum Gasteiger partial charge on any atom is 0.289 e. The van der Waals surface area contributed by atoms with Crippen LogP contribution in [0.25, 0.3) is 11.0 Å². The molecular weight excluding hydrogens is 162 g/mol. The quantitative estimate of drug-likeness (QED) is 0.467. The average Bonchev–Trinajstić information content (AvgIpc) is 2.49. The predicted octanol–water partition coefficient (Wildman–Crippen LogP) is 1.13. The van der Waals surface area contributed by atoms with Crippen LogP contribution < -0.4 is 0 Å². The summed E-state index contributed by atoms with van der Waals surface area (Å²) in [7, 11) is 0. The van der Waals surface area contributed by atoms with Gasteiger partial charge < -0.3 is 4.52 Å². The summed E-state index contributed by atoms with van der Waals surface area (Å²) in [6.07, 6.45) is 2.50. The molecule has 60 valence electrons. The minimum absolute atomic E-state index is 0.0867. The van der Waals surface area contributed by atoms with Crippen molar-refractivity contribution in [3.05, 3.63) is 28.6 Å². The number of hydrogen-bond donors (Lipinski definition) is 0. The number of nitrogens with zero attached hydrogens (tertiary/aromatic N) is 3. The van der Waals surface area contributed by atoms with Crippen molar-refractivity contribution in [2.45, 2.75) is 0 Å². The molecule has 6 heteroatoms. The first kappa shape index (κ1) is 6.71. The Labute approximate surface area is 66.0 Å². The number of fused-ring (bicyclic) bond motifs is 1. The molecule has 0 amide bonds. The summed E-state index contributed by atoms with van der Waals surface area (Å²) in [5, 5.41) is 13.8. The van der Waals surface area contributed by atoms with Crippen molar-refractivity contribution in [3.8, 4) is 0 Å². The van der Waals surface area contributed by atoms with Crippen LogP contribution in [0.4, 0.5) is 5.69 Å². The number of aromatic nitrogens is 2. The SMILES string of the molecule is O=[N+]([O-])c1cnc2conc2c1. The van der Waals surface area contributed by atoms with Gasteiger partial charge in [-0.05, 0) is 0 Å². The molecule has 0 atom stereocenters. The van der Waals surface area contributed by atoms with E-state index in [0.717, 1.165) is 0 Å². The van der Waals surface area contributed by atoms with Gasteiger partial charge in [-0.1, -0.05) is 5.16 Å². The van der Waals surface area contributed by atoms with E-state index in [1.807, 2.05) is 0 Å². The number of pyridine rings is 1. The second-order valence-corrected chi connectivity index (χ2v) is 2.17. The number of hydrogen-bond acceptors (Lipinski definition) is 5. The molecule has 0 saturated carbocycles. The Morgan fingerprint density at radius 3 is 3.08 bits per heavy atom. The van der Waals surface area contributed by atoms with Gasteiger partial charge in [0.1, 0.15) is 23.5 Å². The molecule has 12 heavy (non-hydrogen) atoms. The van der Waals surface area contributed by atoms with Gasteiger partial charge in [-0.15, -0.1) is 0 Å². The number of nitro groups is 1. The molecule has 0 saturated heterocycles. The maximum atomic E-state index is 10.3. The zero-order valence-electron chi connectivity index (χ0n) is 5.80. The molecule has 0 aliphatic carbocycles. The van der Waals surface area contributed by atoms with Gasteiger partial charge in [0, 0.05) is 6.07 Å². The molecule has 0 radical (unpaired) electrons. The van der Waals surface area contributed by atoms with Gasteiger partial charge in [-0.25, -0.2) is 4.98 Å². The Bertz CT molecular complexity index is 436. The molecule has 2 aromatic heterocycles. The van der Waals surface area contributed by atoms with Crippen molar-refractivity contribution in [1.82, 2.24) is 10.1 Å². The van der Waals surface area contributed by atoms with Crippen LogP contribution in [-0.2, 0) is 0 Å². The first-order valence-electron chi connectivity index (χ1n) is 3.12. The highest BCUT2D eigenvalue weighted by atomic mass is 16.6. The Balaban J connectivity index is 2.68. The third kappa shape index (κ3) is 0.895. The first-order valence-corrected chi connectivity index (χ1v) is 3.12. The summed E-state index contributed by atoms with van der Waals surface area (Å²) in [6.45, 7) is 0. The Kier molecular flexibility index (Phi) is 1.26. The highest BCUT2D eigenvalue weighted by Gasteiger charge is 2.08. The van der Waals surface area contributed by atoms with Crippen molar-refractivity contribution in [2.24, 2.45) is 0 Å². The Morgan fingerprint density at radius 1 is 1.50 bits per heavy atom. The summed E-state index contributed by atoms with van der Waals surface area (Å²) in [5.41, 5.74) is 0.821. The second kappa shape index (κ2) is 2.26. The van der Waals surface area contributed by atoms with E-state index >= 15 is 0 Å². The standard InChI is InChI=1S/C6H3N3O3/c10-9(11)4-1-5-6(7-2-4)3-12-8-5/h1-3H. The van der Waals surface area contributed by atoms with Crippen LogP contribution in [0.1, 0.15) is 0 Å². The molecule has 0 unspecified atom stereocenters. The van der Waals surface area contributed by atoms with Gasteiger partial charge in [0.05, 0.1) is 4.92 Å². The predicted molar refractivity (Wildman–Crippen MR) is 38.5 cm³/mol. The zero-order chi connectivity index (χ0) is 8.55. The molecule has 0 aliphatic heterocycles. The lowest BCUT2D eigenvalue weighted by molar-refractivity contribution is -0.385. The molecule has 0 aromatic carbocycles. The highest BCUT2D eigenvalue weighted by Crippen LogP contribution is 2.15. The van der Waals surface area contributed by atoms with Crippen molar-refractivity contribution in [3.63, 3.8) is 0 Å². The molecule has 0 N–H and O–H groups in total. The van der Waals surface area contributed by atoms with Gasteiger partial charge in [0.25, 0.3) is 5.69 Å². The number of rotatable bonds is 1. The molecule has 6 nitrogen and oxygen atoms in total. The lowest BCUT2D eigenvalue weighted by Gasteiger charge is -1.87. The zero-order valence-corrected chi connectivity index (χ0v) is 5.80. The molecule has 0 spiro atoms. The topological polar surface area (TPSA) is 82.1 Å². The van der Waals surface area contributed by atoms with Crippen molar-refractivity contribution in [1.29, 1.82) is 0 Å². The molecular formula is C6H3N3O3. The molecule has 2 rings (SSSR count). The van der Waals surface area contributed by atoms with Crippen molar-refractivity contribution >= 4 is 16.7 Å². The van der Waals surface area contributed by atoms with Crippen molar-refractivity contribution < 1.29 is 9.45 Å². The minimum atomic E-state index is -0.527. The van der Waals surface area contributed by atoms with Crippen LogP contribution in [0.3, 0.4) is 0 Å². The van der Waals surface area contributed by atoms with E-state index in [-0.39, 0.29) is 5.69 Å². The lowest BCUT2D eigenvalue weighted by Crippen LogP contribution is -1.88. The summed E-state index contributed by atoms with van der Waals surface area (Å²) in [4.78, 5) is 13.5. The largest absolute Gasteiger partial charge is 0.362 e. The summed E-state index contributed by atoms with van der Waals surface area (Å²) >= 11 is 0. The smallest absolute Gasteiger partial charge is 0.289 e. The Morgan fingerprint density at radius 2 is 2.33 bits per heavy atom. The average molecular weight is 165 g/mol. The Hall–Kier alpha value is -1.98. The molecule has 2 aromatic rings. The fourth-order valence-corrected chi connectivity index (χ4v) is 0.850. The van der Waals surface area contributed by atoms with Gasteiger partial charge in [0.15, 0.2) is 0 Å². The summed E-state index contributed by atoms with van der Waals surface area (Å²) < 4.78 is 4.56. The van der Waals surface area contributed by atoms with E-state index in [4.69, 9.17) is 0 Å². The third-order valence-corrected chi connectivity index (χ3v) is 1.41. The van der Waals surface area contributed by atoms with E-state index in [9.17, 15) is 10.1 Å². The van der Waals surface area contributed by atoms with Gasteiger partial charge in [0.2, 0.25) is 0 Å². The maximum absolute atomic E-state index is 10.3. The first-order chi connectivity index (χ1) is 5.77. The summed E-state index contributed by atoms with van der Waals surface area (Å²) in [5.74, 6) is 0. The van der Waals surface area contributed by atoms with Crippen LogP contribution in [0.5, 0.6) is 0 Å². The fraction of sp³-hybridized carbons (Fsp3) is 0. The second-order valence-electron chi connectivity index (χ2n) is 2.17. The van der Waals surface area contributed by atoms with E-state index in [0.29, 0.717) is 11.0 Å². The van der Waals surface area contributed by atoms with Crippen LogP contribution in [-0.4, -0.2) is 15.1 Å².